The van der Waals surface area contributed by atoms with Crippen molar-refractivity contribution in [2.75, 3.05) is 27.4 Å². The minimum atomic E-state index is -2.39. The maximum Gasteiger partial charge on any atom is 0.497 e. The molecule has 0 radical (unpaired) electrons. The highest BCUT2D eigenvalue weighted by molar-refractivity contribution is 6.59. The lowest BCUT2D eigenvalue weighted by Crippen LogP contribution is -2.41. The zero-order valence-electron chi connectivity index (χ0n) is 10.6. The van der Waals surface area contributed by atoms with Crippen molar-refractivity contribution in [2.45, 2.75) is 38.7 Å². The summed E-state index contributed by atoms with van der Waals surface area (Å²) in [6.45, 7) is 3.40. The third kappa shape index (κ3) is 4.74. The van der Waals surface area contributed by atoms with E-state index >= 15 is 0 Å². The van der Waals surface area contributed by atoms with Crippen LogP contribution in [0.3, 0.4) is 0 Å². The van der Waals surface area contributed by atoms with E-state index in [2.05, 4.69) is 4.99 Å². The SMILES string of the molecule is CO[Si](C)(OC)OCC1=NCCCCCC1. The highest BCUT2D eigenvalue weighted by Crippen LogP contribution is 2.11. The summed E-state index contributed by atoms with van der Waals surface area (Å²) in [5, 5.41) is 0. The minimum Gasteiger partial charge on any atom is -0.377 e. The largest absolute Gasteiger partial charge is 0.497 e. The highest BCUT2D eigenvalue weighted by Gasteiger charge is 2.32. The summed E-state index contributed by atoms with van der Waals surface area (Å²) in [7, 11) is 0.878. The summed E-state index contributed by atoms with van der Waals surface area (Å²) in [5.74, 6) is 0. The van der Waals surface area contributed by atoms with Crippen molar-refractivity contribution in [3.8, 4) is 0 Å². The van der Waals surface area contributed by atoms with E-state index < -0.39 is 8.80 Å². The molecule has 16 heavy (non-hydrogen) atoms. The fourth-order valence-electron chi connectivity index (χ4n) is 1.64. The summed E-state index contributed by atoms with van der Waals surface area (Å²) in [6.07, 6.45) is 6.09. The first-order valence-electron chi connectivity index (χ1n) is 5.96. The van der Waals surface area contributed by atoms with Crippen LogP contribution in [-0.2, 0) is 13.3 Å². The van der Waals surface area contributed by atoms with Gasteiger partial charge in [-0.25, -0.2) is 0 Å². The van der Waals surface area contributed by atoms with Gasteiger partial charge in [0.25, 0.3) is 0 Å². The van der Waals surface area contributed by atoms with Crippen molar-refractivity contribution in [1.82, 2.24) is 0 Å². The van der Waals surface area contributed by atoms with Gasteiger partial charge in [0.05, 0.1) is 6.61 Å². The molecule has 1 heterocycles. The van der Waals surface area contributed by atoms with Crippen LogP contribution < -0.4 is 0 Å². The Kier molecular flexibility index (Phi) is 6.19. The monoisotopic (exact) mass is 245 g/mol. The second-order valence-corrected chi connectivity index (χ2v) is 7.00. The summed E-state index contributed by atoms with van der Waals surface area (Å²) < 4.78 is 16.3. The van der Waals surface area contributed by atoms with Crippen LogP contribution in [0.25, 0.3) is 0 Å². The molecule has 0 aromatic carbocycles. The molecule has 0 aliphatic carbocycles. The van der Waals surface area contributed by atoms with Gasteiger partial charge in [0.1, 0.15) is 0 Å². The van der Waals surface area contributed by atoms with Gasteiger partial charge in [-0.05, 0) is 19.3 Å². The third-order valence-electron chi connectivity index (χ3n) is 2.95. The molecule has 0 saturated carbocycles. The summed E-state index contributed by atoms with van der Waals surface area (Å²) in [5.41, 5.74) is 1.16. The van der Waals surface area contributed by atoms with E-state index in [-0.39, 0.29) is 0 Å². The Morgan fingerprint density at radius 3 is 2.50 bits per heavy atom. The van der Waals surface area contributed by atoms with E-state index in [1.165, 1.54) is 25.7 Å². The topological polar surface area (TPSA) is 40.0 Å². The fourth-order valence-corrected chi connectivity index (χ4v) is 2.48. The molecule has 0 fully saturated rings. The van der Waals surface area contributed by atoms with Crippen LogP contribution in [0, 0.1) is 0 Å². The lowest BCUT2D eigenvalue weighted by molar-refractivity contribution is 0.121. The summed E-state index contributed by atoms with van der Waals surface area (Å²) in [6, 6.07) is 0. The number of nitrogens with zero attached hydrogens (tertiary/aromatic N) is 1. The molecule has 4 nitrogen and oxygen atoms in total. The second-order valence-electron chi connectivity index (χ2n) is 4.17. The Labute approximate surface area is 99.4 Å². The van der Waals surface area contributed by atoms with Crippen molar-refractivity contribution < 1.29 is 13.3 Å². The molecule has 0 bridgehead atoms. The summed E-state index contributed by atoms with van der Waals surface area (Å²) >= 11 is 0. The average molecular weight is 245 g/mol. The van der Waals surface area contributed by atoms with Gasteiger partial charge in [0.2, 0.25) is 0 Å². The van der Waals surface area contributed by atoms with Crippen LogP contribution in [0.4, 0.5) is 0 Å². The molecule has 0 amide bonds. The zero-order chi connectivity index (χ0) is 11.9. The molecule has 0 unspecified atom stereocenters. The van der Waals surface area contributed by atoms with Crippen LogP contribution in [0.2, 0.25) is 6.55 Å². The first kappa shape index (κ1) is 13.8. The molecule has 1 aliphatic heterocycles. The molecule has 0 saturated heterocycles. The van der Waals surface area contributed by atoms with E-state index in [1.54, 1.807) is 14.2 Å². The summed E-state index contributed by atoms with van der Waals surface area (Å²) in [4.78, 5) is 4.56. The normalized spacial score (nSPS) is 18.8. The standard InChI is InChI=1S/C11H23NO3Si/c1-13-16(3,14-2)15-10-11-8-6-4-5-7-9-12-11/h4-10H2,1-3H3. The molecule has 0 N–H and O–H groups in total. The van der Waals surface area contributed by atoms with Gasteiger partial charge in [-0.2, -0.15) is 0 Å². The van der Waals surface area contributed by atoms with Crippen molar-refractivity contribution >= 4 is 14.5 Å². The number of aliphatic imine (C=N–C) groups is 1. The molecular weight excluding hydrogens is 222 g/mol. The number of rotatable bonds is 5. The lowest BCUT2D eigenvalue weighted by Gasteiger charge is -2.22. The van der Waals surface area contributed by atoms with E-state index in [0.29, 0.717) is 6.61 Å². The van der Waals surface area contributed by atoms with Gasteiger partial charge in [-0.1, -0.05) is 12.8 Å². The van der Waals surface area contributed by atoms with Crippen LogP contribution in [0.15, 0.2) is 4.99 Å². The Morgan fingerprint density at radius 1 is 1.12 bits per heavy atom. The molecule has 1 aliphatic rings. The predicted octanol–water partition coefficient (Wildman–Crippen LogP) is 2.27. The third-order valence-corrected chi connectivity index (χ3v) is 5.10. The van der Waals surface area contributed by atoms with Crippen molar-refractivity contribution in [1.29, 1.82) is 0 Å². The van der Waals surface area contributed by atoms with Crippen LogP contribution in [0.5, 0.6) is 0 Å². The van der Waals surface area contributed by atoms with Crippen LogP contribution in [-0.4, -0.2) is 41.9 Å². The Hall–Kier alpha value is -0.233. The second kappa shape index (κ2) is 7.16. The lowest BCUT2D eigenvalue weighted by atomic mass is 10.1. The first-order valence-corrected chi connectivity index (χ1v) is 8.19. The van der Waals surface area contributed by atoms with E-state index in [0.717, 1.165) is 18.7 Å². The number of hydrogen-bond donors (Lipinski definition) is 0. The minimum absolute atomic E-state index is 0.560. The van der Waals surface area contributed by atoms with E-state index in [1.807, 2.05) is 6.55 Å². The molecule has 0 aromatic rings. The molecule has 0 atom stereocenters. The molecular formula is C11H23NO3Si. The van der Waals surface area contributed by atoms with Crippen molar-refractivity contribution in [2.24, 2.45) is 4.99 Å². The van der Waals surface area contributed by atoms with Crippen LogP contribution in [0.1, 0.15) is 32.1 Å². The smallest absolute Gasteiger partial charge is 0.377 e. The first-order chi connectivity index (χ1) is 7.70. The van der Waals surface area contributed by atoms with Gasteiger partial charge in [-0.3, -0.25) is 4.99 Å². The molecule has 0 spiro atoms. The zero-order valence-corrected chi connectivity index (χ0v) is 11.6. The Morgan fingerprint density at radius 2 is 1.81 bits per heavy atom. The van der Waals surface area contributed by atoms with Crippen molar-refractivity contribution in [3.05, 3.63) is 0 Å². The predicted molar refractivity (Wildman–Crippen MR) is 67.0 cm³/mol. The van der Waals surface area contributed by atoms with E-state index in [9.17, 15) is 0 Å². The average Bonchev–Trinajstić information content (AvgIpc) is 2.27. The Balaban J connectivity index is 2.40. The fraction of sp³-hybridized carbons (Fsp3) is 0.909. The van der Waals surface area contributed by atoms with Gasteiger partial charge in [0, 0.05) is 33.0 Å². The van der Waals surface area contributed by atoms with Gasteiger partial charge in [0.15, 0.2) is 0 Å². The van der Waals surface area contributed by atoms with Crippen molar-refractivity contribution in [3.63, 3.8) is 0 Å². The van der Waals surface area contributed by atoms with E-state index in [4.69, 9.17) is 13.3 Å². The molecule has 94 valence electrons. The number of hydrogen-bond acceptors (Lipinski definition) is 4. The molecule has 1 rings (SSSR count). The maximum atomic E-state index is 5.73. The maximum absolute atomic E-state index is 5.73. The van der Waals surface area contributed by atoms with Crippen LogP contribution >= 0.6 is 0 Å². The quantitative estimate of drug-likeness (QED) is 0.698. The van der Waals surface area contributed by atoms with Gasteiger partial charge < -0.3 is 13.3 Å². The Bertz CT molecular complexity index is 229. The van der Waals surface area contributed by atoms with Gasteiger partial charge in [-0.15, -0.1) is 0 Å². The highest BCUT2D eigenvalue weighted by atomic mass is 28.4. The molecule has 0 aromatic heterocycles. The molecule has 5 heteroatoms. The van der Waals surface area contributed by atoms with Gasteiger partial charge >= 0.3 is 8.80 Å².